The second-order valence-electron chi connectivity index (χ2n) is 5.57. The number of aromatic amines is 1. The first-order valence-electron chi connectivity index (χ1n) is 7.74. The van der Waals surface area contributed by atoms with Gasteiger partial charge in [0.15, 0.2) is 0 Å². The van der Waals surface area contributed by atoms with Crippen LogP contribution in [0.1, 0.15) is 11.5 Å². The molecule has 0 saturated carbocycles. The third-order valence-electron chi connectivity index (χ3n) is 3.94. The van der Waals surface area contributed by atoms with E-state index in [4.69, 9.17) is 4.74 Å². The lowest BCUT2D eigenvalue weighted by Crippen LogP contribution is -2.05. The minimum Gasteiger partial charge on any atom is -0.457 e. The van der Waals surface area contributed by atoms with Crippen LogP contribution in [0.3, 0.4) is 0 Å². The monoisotopic (exact) mass is 398 g/mol. The molecular weight excluding hydrogens is 384 g/mol. The second kappa shape index (κ2) is 6.70. The van der Waals surface area contributed by atoms with Crippen LogP contribution in [0.4, 0.5) is 0 Å². The van der Waals surface area contributed by atoms with Crippen molar-refractivity contribution < 1.29 is 9.84 Å². The van der Waals surface area contributed by atoms with E-state index >= 15 is 0 Å². The maximum Gasteiger partial charge on any atom is 0.144 e. The quantitative estimate of drug-likeness (QED) is 0.535. The van der Waals surface area contributed by atoms with Crippen LogP contribution in [0, 0.1) is 0 Å². The number of ether oxygens (including phenoxy) is 1. The maximum absolute atomic E-state index is 9.73. The Morgan fingerprint density at radius 1 is 1.12 bits per heavy atom. The van der Waals surface area contributed by atoms with Crippen LogP contribution in [0.25, 0.3) is 10.9 Å². The number of aliphatic hydroxyl groups is 1. The van der Waals surface area contributed by atoms with Gasteiger partial charge in [0, 0.05) is 21.6 Å². The van der Waals surface area contributed by atoms with Crippen molar-refractivity contribution >= 4 is 26.8 Å². The molecule has 2 heterocycles. The molecule has 0 fully saturated rings. The van der Waals surface area contributed by atoms with E-state index in [1.807, 2.05) is 53.1 Å². The van der Waals surface area contributed by atoms with Crippen molar-refractivity contribution in [2.75, 3.05) is 0 Å². The van der Waals surface area contributed by atoms with Crippen molar-refractivity contribution in [2.24, 2.45) is 0 Å². The van der Waals surface area contributed by atoms with Gasteiger partial charge in [0.25, 0.3) is 0 Å². The zero-order chi connectivity index (χ0) is 17.2. The van der Waals surface area contributed by atoms with Gasteiger partial charge in [-0.2, -0.15) is 5.10 Å². The molecule has 126 valence electrons. The van der Waals surface area contributed by atoms with E-state index in [9.17, 15) is 5.11 Å². The minimum atomic E-state index is -0.0653. The molecule has 0 saturated heterocycles. The molecule has 0 atom stereocenters. The van der Waals surface area contributed by atoms with Crippen LogP contribution >= 0.6 is 15.9 Å². The van der Waals surface area contributed by atoms with Crippen molar-refractivity contribution in [1.29, 1.82) is 0 Å². The highest BCUT2D eigenvalue weighted by Gasteiger charge is 2.14. The van der Waals surface area contributed by atoms with Gasteiger partial charge < -0.3 is 14.4 Å². The molecule has 0 amide bonds. The molecule has 2 aromatic carbocycles. The smallest absolute Gasteiger partial charge is 0.144 e. The van der Waals surface area contributed by atoms with Gasteiger partial charge in [0.2, 0.25) is 0 Å². The Kier molecular flexibility index (Phi) is 4.25. The maximum atomic E-state index is 9.73. The molecule has 2 N–H and O–H groups in total. The summed E-state index contributed by atoms with van der Waals surface area (Å²) in [6.45, 7) is 0.421. The fraction of sp³-hybridized carbons (Fsp3) is 0.111. The average Bonchev–Trinajstić information content (AvgIpc) is 3.25. The molecule has 0 aliphatic carbocycles. The summed E-state index contributed by atoms with van der Waals surface area (Å²) in [6, 6.07) is 15.5. The van der Waals surface area contributed by atoms with Crippen molar-refractivity contribution in [1.82, 2.24) is 19.7 Å². The summed E-state index contributed by atoms with van der Waals surface area (Å²) in [4.78, 5) is 4.17. The number of H-pyrrole nitrogens is 1. The summed E-state index contributed by atoms with van der Waals surface area (Å²) in [5.41, 5.74) is 1.74. The second-order valence-corrected chi connectivity index (χ2v) is 6.42. The Morgan fingerprint density at radius 2 is 1.96 bits per heavy atom. The summed E-state index contributed by atoms with van der Waals surface area (Å²) in [7, 11) is 0. The summed E-state index contributed by atoms with van der Waals surface area (Å²) in [5.74, 6) is 2.20. The lowest BCUT2D eigenvalue weighted by molar-refractivity contribution is 0.272. The number of aromatic nitrogens is 4. The van der Waals surface area contributed by atoms with Gasteiger partial charge in [0.1, 0.15) is 23.7 Å². The van der Waals surface area contributed by atoms with Crippen LogP contribution in [-0.4, -0.2) is 24.9 Å². The van der Waals surface area contributed by atoms with E-state index in [1.54, 1.807) is 0 Å². The minimum absolute atomic E-state index is 0.0653. The summed E-state index contributed by atoms with van der Waals surface area (Å²) < 4.78 is 8.86. The predicted molar refractivity (Wildman–Crippen MR) is 97.6 cm³/mol. The highest BCUT2D eigenvalue weighted by Crippen LogP contribution is 2.34. The Morgan fingerprint density at radius 3 is 2.68 bits per heavy atom. The van der Waals surface area contributed by atoms with Gasteiger partial charge in [-0.25, -0.2) is 4.98 Å². The number of hydrogen-bond acceptors (Lipinski definition) is 4. The van der Waals surface area contributed by atoms with Gasteiger partial charge in [-0.05, 0) is 40.2 Å². The standard InChI is InChI=1S/C18H15BrN4O2/c19-16-7-14(25-13-4-2-1-3-5-13)8-17-15(16)6-12(10-24)23(17)9-18-20-11-21-22-18/h1-8,11,24H,9-10H2,(H,20,21,22). The first kappa shape index (κ1) is 15.9. The van der Waals surface area contributed by atoms with Crippen LogP contribution in [0.15, 0.2) is 59.3 Å². The number of benzene rings is 2. The molecule has 0 aliphatic rings. The number of aliphatic hydroxyl groups excluding tert-OH is 1. The first-order valence-corrected chi connectivity index (χ1v) is 8.53. The largest absolute Gasteiger partial charge is 0.457 e. The Hall–Kier alpha value is -2.64. The van der Waals surface area contributed by atoms with Crippen molar-refractivity contribution in [3.05, 3.63) is 70.8 Å². The number of para-hydroxylation sites is 1. The van der Waals surface area contributed by atoms with Crippen molar-refractivity contribution in [3.8, 4) is 11.5 Å². The lowest BCUT2D eigenvalue weighted by atomic mass is 10.2. The number of nitrogens with one attached hydrogen (secondary N) is 1. The number of nitrogens with zero attached hydrogens (tertiary/aromatic N) is 3. The van der Waals surface area contributed by atoms with Crippen LogP contribution in [0.2, 0.25) is 0 Å². The Labute approximate surface area is 152 Å². The molecule has 6 nitrogen and oxygen atoms in total. The molecule has 0 aliphatic heterocycles. The number of fused-ring (bicyclic) bond motifs is 1. The number of halogens is 1. The molecule has 0 spiro atoms. The molecule has 7 heteroatoms. The highest BCUT2D eigenvalue weighted by atomic mass is 79.9. The highest BCUT2D eigenvalue weighted by molar-refractivity contribution is 9.10. The Balaban J connectivity index is 1.80. The molecule has 0 bridgehead atoms. The van der Waals surface area contributed by atoms with Gasteiger partial charge in [-0.1, -0.05) is 18.2 Å². The van der Waals surface area contributed by atoms with E-state index in [1.165, 1.54) is 6.33 Å². The van der Waals surface area contributed by atoms with E-state index in [0.29, 0.717) is 12.3 Å². The number of rotatable bonds is 5. The third kappa shape index (κ3) is 3.16. The molecule has 2 aromatic heterocycles. The Bertz CT molecular complexity index is 997. The zero-order valence-corrected chi connectivity index (χ0v) is 14.8. The molecule has 25 heavy (non-hydrogen) atoms. The summed E-state index contributed by atoms with van der Waals surface area (Å²) in [5, 5.41) is 17.5. The third-order valence-corrected chi connectivity index (χ3v) is 4.60. The average molecular weight is 399 g/mol. The van der Waals surface area contributed by atoms with Crippen LogP contribution < -0.4 is 4.74 Å². The molecular formula is C18H15BrN4O2. The molecule has 4 aromatic rings. The zero-order valence-electron chi connectivity index (χ0n) is 13.2. The van der Waals surface area contributed by atoms with E-state index in [2.05, 4.69) is 31.1 Å². The van der Waals surface area contributed by atoms with Gasteiger partial charge >= 0.3 is 0 Å². The SMILES string of the molecule is OCc1cc2c(Br)cc(Oc3ccccc3)cc2n1Cc1ncn[nH]1. The van der Waals surface area contributed by atoms with Crippen LogP contribution in [-0.2, 0) is 13.2 Å². The number of hydrogen-bond donors (Lipinski definition) is 2. The summed E-state index contributed by atoms with van der Waals surface area (Å²) in [6.07, 6.45) is 1.47. The van der Waals surface area contributed by atoms with E-state index in [-0.39, 0.29) is 6.61 Å². The lowest BCUT2D eigenvalue weighted by Gasteiger charge is -2.10. The van der Waals surface area contributed by atoms with Crippen molar-refractivity contribution in [2.45, 2.75) is 13.2 Å². The van der Waals surface area contributed by atoms with Gasteiger partial charge in [0.05, 0.1) is 18.7 Å². The van der Waals surface area contributed by atoms with Gasteiger partial charge in [-0.3, -0.25) is 5.10 Å². The van der Waals surface area contributed by atoms with Crippen LogP contribution in [0.5, 0.6) is 11.5 Å². The topological polar surface area (TPSA) is 76.0 Å². The fourth-order valence-electron chi connectivity index (χ4n) is 2.80. The normalized spacial score (nSPS) is 11.1. The molecule has 4 rings (SSSR count). The fourth-order valence-corrected chi connectivity index (χ4v) is 3.35. The van der Waals surface area contributed by atoms with E-state index < -0.39 is 0 Å². The van der Waals surface area contributed by atoms with Gasteiger partial charge in [-0.15, -0.1) is 0 Å². The molecule has 0 unspecified atom stereocenters. The first-order chi connectivity index (χ1) is 12.2. The van der Waals surface area contributed by atoms with E-state index in [0.717, 1.165) is 32.6 Å². The predicted octanol–water partition coefficient (Wildman–Crippen LogP) is 3.85. The van der Waals surface area contributed by atoms with Crippen molar-refractivity contribution in [3.63, 3.8) is 0 Å². The molecule has 0 radical (unpaired) electrons. The summed E-state index contributed by atoms with van der Waals surface area (Å²) >= 11 is 3.60.